The van der Waals surface area contributed by atoms with E-state index in [4.69, 9.17) is 16.3 Å². The predicted octanol–water partition coefficient (Wildman–Crippen LogP) is 2.18. The summed E-state index contributed by atoms with van der Waals surface area (Å²) in [4.78, 5) is 30.4. The Hall–Kier alpha value is -2.69. The number of aromatic nitrogens is 2. The molecule has 2 amide bonds. The predicted molar refractivity (Wildman–Crippen MR) is 118 cm³/mol. The smallest absolute Gasteiger partial charge is 0.338 e. The van der Waals surface area contributed by atoms with Crippen LogP contribution in [-0.2, 0) is 9.53 Å². The number of hydrogen-bond donors (Lipinski definition) is 2. The standard InChI is InChI=1S/C20H23ClN6O3S/c1-2-30-19(28)17-13(22-20(29)23-18(17)14-4-3-11-31-14)12-26-7-9-27(10-8-26)16-6-5-15(21)24-25-16/h3-6,11,18H,2,7-10,12H2,1H3,(H2,22,23,29)/t18-/m0/s1. The number of carbonyl (C=O) groups excluding carboxylic acids is 2. The largest absolute Gasteiger partial charge is 0.463 e. The van der Waals surface area contributed by atoms with Crippen LogP contribution in [0.1, 0.15) is 17.8 Å². The fourth-order valence-electron chi connectivity index (χ4n) is 3.70. The Morgan fingerprint density at radius 1 is 1.26 bits per heavy atom. The molecule has 4 rings (SSSR count). The summed E-state index contributed by atoms with van der Waals surface area (Å²) in [7, 11) is 0. The van der Waals surface area contributed by atoms with Gasteiger partial charge in [-0.05, 0) is 30.5 Å². The molecule has 2 N–H and O–H groups in total. The van der Waals surface area contributed by atoms with Gasteiger partial charge in [-0.25, -0.2) is 9.59 Å². The quantitative estimate of drug-likeness (QED) is 0.634. The number of anilines is 1. The lowest BCUT2D eigenvalue weighted by atomic mass is 10.0. The average molecular weight is 463 g/mol. The number of piperazine rings is 1. The van der Waals surface area contributed by atoms with Gasteiger partial charge in [-0.2, -0.15) is 0 Å². The average Bonchev–Trinajstić information content (AvgIpc) is 3.29. The number of nitrogens with zero attached hydrogens (tertiary/aromatic N) is 4. The molecule has 0 aromatic carbocycles. The van der Waals surface area contributed by atoms with Crippen LogP contribution in [0.3, 0.4) is 0 Å². The van der Waals surface area contributed by atoms with Gasteiger partial charge < -0.3 is 20.3 Å². The monoisotopic (exact) mass is 462 g/mol. The molecule has 0 radical (unpaired) electrons. The Kier molecular flexibility index (Phi) is 6.69. The molecule has 31 heavy (non-hydrogen) atoms. The number of esters is 1. The van der Waals surface area contributed by atoms with Gasteiger partial charge in [0.2, 0.25) is 0 Å². The van der Waals surface area contributed by atoms with Crippen LogP contribution in [0, 0.1) is 0 Å². The topological polar surface area (TPSA) is 99.7 Å². The molecular formula is C20H23ClN6O3S. The third-order valence-electron chi connectivity index (χ3n) is 5.17. The second-order valence-corrected chi connectivity index (χ2v) is 8.50. The highest BCUT2D eigenvalue weighted by atomic mass is 35.5. The number of thiophene rings is 1. The summed E-state index contributed by atoms with van der Waals surface area (Å²) >= 11 is 7.31. The summed E-state index contributed by atoms with van der Waals surface area (Å²) in [6.45, 7) is 5.47. The minimum atomic E-state index is -0.520. The lowest BCUT2D eigenvalue weighted by Crippen LogP contribution is -2.51. The van der Waals surface area contributed by atoms with Crippen molar-refractivity contribution in [3.8, 4) is 0 Å². The van der Waals surface area contributed by atoms with Gasteiger partial charge >= 0.3 is 12.0 Å². The lowest BCUT2D eigenvalue weighted by Gasteiger charge is -2.37. The van der Waals surface area contributed by atoms with Gasteiger partial charge in [0, 0.05) is 43.3 Å². The van der Waals surface area contributed by atoms with Crippen LogP contribution < -0.4 is 15.5 Å². The Balaban J connectivity index is 1.51. The minimum Gasteiger partial charge on any atom is -0.463 e. The lowest BCUT2D eigenvalue weighted by molar-refractivity contribution is -0.139. The first-order valence-corrected chi connectivity index (χ1v) is 11.3. The Morgan fingerprint density at radius 3 is 2.71 bits per heavy atom. The van der Waals surface area contributed by atoms with E-state index in [-0.39, 0.29) is 12.6 Å². The zero-order chi connectivity index (χ0) is 21.8. The van der Waals surface area contributed by atoms with Gasteiger partial charge in [0.05, 0.1) is 18.2 Å². The van der Waals surface area contributed by atoms with Crippen LogP contribution in [-0.4, -0.2) is 66.4 Å². The van der Waals surface area contributed by atoms with Gasteiger partial charge in [-0.15, -0.1) is 21.5 Å². The first kappa shape index (κ1) is 21.5. The maximum absolute atomic E-state index is 12.8. The first-order valence-electron chi connectivity index (χ1n) is 10.0. The van der Waals surface area contributed by atoms with E-state index in [1.165, 1.54) is 11.3 Å². The van der Waals surface area contributed by atoms with Crippen molar-refractivity contribution >= 4 is 40.8 Å². The van der Waals surface area contributed by atoms with Crippen molar-refractivity contribution in [2.45, 2.75) is 13.0 Å². The molecule has 4 heterocycles. The van der Waals surface area contributed by atoms with Crippen molar-refractivity contribution in [1.29, 1.82) is 0 Å². The minimum absolute atomic E-state index is 0.265. The van der Waals surface area contributed by atoms with Crippen LogP contribution in [0.5, 0.6) is 0 Å². The van der Waals surface area contributed by atoms with E-state index in [0.29, 0.717) is 23.0 Å². The van der Waals surface area contributed by atoms with Crippen LogP contribution in [0.4, 0.5) is 10.6 Å². The number of rotatable bonds is 6. The number of carbonyl (C=O) groups is 2. The van der Waals surface area contributed by atoms with E-state index < -0.39 is 12.0 Å². The zero-order valence-corrected chi connectivity index (χ0v) is 18.6. The molecule has 0 spiro atoms. The van der Waals surface area contributed by atoms with Crippen LogP contribution >= 0.6 is 22.9 Å². The van der Waals surface area contributed by atoms with Crippen LogP contribution in [0.25, 0.3) is 0 Å². The molecule has 2 aromatic rings. The fourth-order valence-corrected chi connectivity index (χ4v) is 4.58. The van der Waals surface area contributed by atoms with Crippen molar-refractivity contribution in [3.05, 3.63) is 50.9 Å². The highest BCUT2D eigenvalue weighted by Gasteiger charge is 2.35. The summed E-state index contributed by atoms with van der Waals surface area (Å²) in [5, 5.41) is 16.0. The van der Waals surface area contributed by atoms with Crippen LogP contribution in [0.2, 0.25) is 5.15 Å². The molecule has 2 aromatic heterocycles. The number of ether oxygens (including phenoxy) is 1. The third kappa shape index (κ3) is 4.97. The molecule has 0 saturated carbocycles. The van der Waals surface area contributed by atoms with E-state index in [0.717, 1.165) is 36.9 Å². The first-order chi connectivity index (χ1) is 15.0. The maximum atomic E-state index is 12.8. The van der Waals surface area contributed by atoms with Gasteiger partial charge in [0.25, 0.3) is 0 Å². The SMILES string of the molecule is CCOC(=O)C1=C(CN2CCN(c3ccc(Cl)nn3)CC2)NC(=O)N[C@H]1c1cccs1. The summed E-state index contributed by atoms with van der Waals surface area (Å²) in [6.07, 6.45) is 0. The summed E-state index contributed by atoms with van der Waals surface area (Å²) in [6, 6.07) is 6.54. The molecule has 2 aliphatic heterocycles. The highest BCUT2D eigenvalue weighted by molar-refractivity contribution is 7.10. The molecule has 164 valence electrons. The third-order valence-corrected chi connectivity index (χ3v) is 6.31. The number of hydrogen-bond acceptors (Lipinski definition) is 8. The Morgan fingerprint density at radius 2 is 2.06 bits per heavy atom. The van der Waals surface area contributed by atoms with Crippen molar-refractivity contribution in [2.75, 3.05) is 44.2 Å². The summed E-state index contributed by atoms with van der Waals surface area (Å²) in [5.41, 5.74) is 1.04. The van der Waals surface area contributed by atoms with Crippen molar-refractivity contribution in [1.82, 2.24) is 25.7 Å². The van der Waals surface area contributed by atoms with Gasteiger partial charge in [0.1, 0.15) is 0 Å². The number of halogens is 1. The number of urea groups is 1. The van der Waals surface area contributed by atoms with E-state index in [9.17, 15) is 9.59 Å². The molecule has 0 bridgehead atoms. The van der Waals surface area contributed by atoms with Gasteiger partial charge in [-0.3, -0.25) is 4.90 Å². The second-order valence-electron chi connectivity index (χ2n) is 7.14. The Bertz CT molecular complexity index is 958. The van der Waals surface area contributed by atoms with E-state index >= 15 is 0 Å². The maximum Gasteiger partial charge on any atom is 0.338 e. The molecule has 1 fully saturated rings. The molecule has 9 nitrogen and oxygen atoms in total. The molecule has 0 unspecified atom stereocenters. The van der Waals surface area contributed by atoms with Gasteiger partial charge in [-0.1, -0.05) is 17.7 Å². The second kappa shape index (κ2) is 9.63. The highest BCUT2D eigenvalue weighted by Crippen LogP contribution is 2.31. The van der Waals surface area contributed by atoms with Crippen molar-refractivity contribution in [3.63, 3.8) is 0 Å². The summed E-state index contributed by atoms with van der Waals surface area (Å²) in [5.74, 6) is 0.363. The fraction of sp³-hybridized carbons (Fsp3) is 0.400. The molecule has 11 heteroatoms. The Labute approximate surface area is 189 Å². The normalized spacial score (nSPS) is 19.7. The molecule has 1 saturated heterocycles. The van der Waals surface area contributed by atoms with Crippen molar-refractivity contribution in [2.24, 2.45) is 0 Å². The molecule has 0 aliphatic carbocycles. The van der Waals surface area contributed by atoms with Gasteiger partial charge in [0.15, 0.2) is 11.0 Å². The number of nitrogens with one attached hydrogen (secondary N) is 2. The zero-order valence-electron chi connectivity index (χ0n) is 17.0. The van der Waals surface area contributed by atoms with E-state index in [1.54, 1.807) is 13.0 Å². The van der Waals surface area contributed by atoms with E-state index in [2.05, 4.69) is 30.6 Å². The van der Waals surface area contributed by atoms with Crippen molar-refractivity contribution < 1.29 is 14.3 Å². The molecule has 2 aliphatic rings. The summed E-state index contributed by atoms with van der Waals surface area (Å²) < 4.78 is 5.31. The number of amides is 2. The molecule has 1 atom stereocenters. The van der Waals surface area contributed by atoms with Crippen LogP contribution in [0.15, 0.2) is 40.9 Å². The molecular weight excluding hydrogens is 440 g/mol. The van der Waals surface area contributed by atoms with E-state index in [1.807, 2.05) is 23.6 Å².